The zero-order valence-corrected chi connectivity index (χ0v) is 12.5. The molecule has 1 aromatic heterocycles. The molecule has 9 heteroatoms. The van der Waals surface area contributed by atoms with Crippen LogP contribution in [0, 0.1) is 0 Å². The maximum atomic E-state index is 12.7. The third-order valence-electron chi connectivity index (χ3n) is 2.97. The number of sulfone groups is 1. The van der Waals surface area contributed by atoms with E-state index in [0.717, 1.165) is 10.8 Å². The maximum absolute atomic E-state index is 12.7. The summed E-state index contributed by atoms with van der Waals surface area (Å²) in [7, 11) is -3.50. The molecule has 0 aromatic carbocycles. The summed E-state index contributed by atoms with van der Waals surface area (Å²) in [6.07, 6.45) is -3.40. The van der Waals surface area contributed by atoms with E-state index in [1.165, 1.54) is 20.8 Å². The van der Waals surface area contributed by atoms with Crippen molar-refractivity contribution in [1.82, 2.24) is 4.57 Å². The number of aromatic nitrogens is 1. The summed E-state index contributed by atoms with van der Waals surface area (Å²) in [5.41, 5.74) is -2.18. The van der Waals surface area contributed by atoms with E-state index in [1.807, 2.05) is 0 Å². The number of aryl methyl sites for hydroxylation is 1. The Morgan fingerprint density at radius 2 is 1.76 bits per heavy atom. The Morgan fingerprint density at radius 3 is 2.10 bits per heavy atom. The molecule has 21 heavy (non-hydrogen) atoms. The zero-order chi connectivity index (χ0) is 16.6. The molecule has 1 aromatic rings. The zero-order valence-electron chi connectivity index (χ0n) is 11.7. The van der Waals surface area contributed by atoms with Crippen LogP contribution in [0.5, 0.6) is 0 Å². The van der Waals surface area contributed by atoms with Gasteiger partial charge in [0.2, 0.25) is 0 Å². The number of nitrogens with zero attached hydrogens (tertiary/aromatic N) is 1. The second-order valence-corrected chi connectivity index (χ2v) is 8.42. The van der Waals surface area contributed by atoms with Crippen LogP contribution in [0.4, 0.5) is 13.2 Å². The van der Waals surface area contributed by atoms with Gasteiger partial charge in [-0.25, -0.2) is 13.2 Å². The van der Waals surface area contributed by atoms with Crippen LogP contribution in [0.2, 0.25) is 0 Å². The number of aromatic carboxylic acids is 1. The molecule has 0 radical (unpaired) electrons. The Labute approximate surface area is 120 Å². The van der Waals surface area contributed by atoms with E-state index >= 15 is 0 Å². The molecule has 0 saturated carbocycles. The molecule has 0 saturated heterocycles. The molecule has 0 aliphatic rings. The second kappa shape index (κ2) is 5.36. The number of carboxylic acid groups (broad SMARTS) is 1. The molecule has 0 bridgehead atoms. The van der Waals surface area contributed by atoms with Gasteiger partial charge in [-0.15, -0.1) is 0 Å². The quantitative estimate of drug-likeness (QED) is 0.921. The Hall–Kier alpha value is -1.51. The predicted molar refractivity (Wildman–Crippen MR) is 69.9 cm³/mol. The Kier molecular flexibility index (Phi) is 4.48. The lowest BCUT2D eigenvalue weighted by Gasteiger charge is -2.19. The minimum absolute atomic E-state index is 0.240. The van der Waals surface area contributed by atoms with Crippen LogP contribution < -0.4 is 0 Å². The van der Waals surface area contributed by atoms with Crippen LogP contribution >= 0.6 is 0 Å². The van der Waals surface area contributed by atoms with E-state index in [4.69, 9.17) is 5.11 Å². The summed E-state index contributed by atoms with van der Waals surface area (Å²) < 4.78 is 61.8. The summed E-state index contributed by atoms with van der Waals surface area (Å²) >= 11 is 0. The largest absolute Gasteiger partial charge is 0.478 e. The monoisotopic (exact) mass is 327 g/mol. The number of carboxylic acids is 1. The number of hydrogen-bond donors (Lipinski definition) is 1. The molecule has 0 atom stereocenters. The number of alkyl halides is 3. The van der Waals surface area contributed by atoms with Gasteiger partial charge in [-0.1, -0.05) is 0 Å². The topological polar surface area (TPSA) is 76.4 Å². The molecule has 0 aliphatic heterocycles. The lowest BCUT2D eigenvalue weighted by molar-refractivity contribution is -0.138. The number of carbonyl (C=O) groups is 1. The van der Waals surface area contributed by atoms with Crippen LogP contribution in [0.3, 0.4) is 0 Å². The molecule has 0 unspecified atom stereocenters. The number of hydrogen-bond acceptors (Lipinski definition) is 3. The summed E-state index contributed by atoms with van der Waals surface area (Å²) in [5.74, 6) is -2.08. The molecule has 1 rings (SSSR count). The van der Waals surface area contributed by atoms with Crippen molar-refractivity contribution in [3.63, 3.8) is 0 Å². The van der Waals surface area contributed by atoms with Gasteiger partial charge in [0, 0.05) is 18.9 Å². The van der Waals surface area contributed by atoms with E-state index in [9.17, 15) is 26.4 Å². The highest BCUT2D eigenvalue weighted by Gasteiger charge is 2.37. The van der Waals surface area contributed by atoms with Crippen LogP contribution in [-0.4, -0.2) is 34.6 Å². The third-order valence-corrected chi connectivity index (χ3v) is 5.55. The van der Waals surface area contributed by atoms with Gasteiger partial charge in [-0.2, -0.15) is 13.2 Å². The van der Waals surface area contributed by atoms with Gasteiger partial charge >= 0.3 is 12.1 Å². The van der Waals surface area contributed by atoms with Gasteiger partial charge in [0.1, 0.15) is 0 Å². The summed E-state index contributed by atoms with van der Waals surface area (Å²) in [5, 5.41) is 8.77. The van der Waals surface area contributed by atoms with Crippen molar-refractivity contribution >= 4 is 15.8 Å². The van der Waals surface area contributed by atoms with Gasteiger partial charge in [0.15, 0.2) is 9.84 Å². The van der Waals surface area contributed by atoms with Crippen LogP contribution in [0.25, 0.3) is 0 Å². The minimum atomic E-state index is -4.80. The lowest BCUT2D eigenvalue weighted by Crippen LogP contribution is -2.31. The number of rotatable bonds is 4. The Balaban J connectivity index is 3.05. The highest BCUT2D eigenvalue weighted by molar-refractivity contribution is 7.92. The van der Waals surface area contributed by atoms with E-state index in [1.54, 1.807) is 0 Å². The van der Waals surface area contributed by atoms with Crippen molar-refractivity contribution in [2.45, 2.75) is 38.2 Å². The molecule has 120 valence electrons. The molecule has 0 fully saturated rings. The first-order chi connectivity index (χ1) is 9.25. The molecule has 1 N–H and O–H groups in total. The van der Waals surface area contributed by atoms with Crippen LogP contribution in [0.15, 0.2) is 12.4 Å². The van der Waals surface area contributed by atoms with Gasteiger partial charge in [0.25, 0.3) is 0 Å². The molecular weight excluding hydrogens is 311 g/mol. The summed E-state index contributed by atoms with van der Waals surface area (Å²) in [6, 6.07) is 0. The fourth-order valence-electron chi connectivity index (χ4n) is 1.57. The van der Waals surface area contributed by atoms with Crippen molar-refractivity contribution in [3.8, 4) is 0 Å². The first-order valence-electron chi connectivity index (χ1n) is 5.98. The fourth-order valence-corrected chi connectivity index (χ4v) is 2.63. The Morgan fingerprint density at radius 1 is 1.24 bits per heavy atom. The molecule has 0 aliphatic carbocycles. The van der Waals surface area contributed by atoms with Crippen LogP contribution in [-0.2, 0) is 22.6 Å². The van der Waals surface area contributed by atoms with Crippen molar-refractivity contribution in [2.24, 2.45) is 0 Å². The standard InChI is InChI=1S/C12H16F3NO4S/c1-11(2,3)21(19,20)5-4-16-6-8(10(17)18)9(7-16)12(13,14)15/h6-7H,4-5H2,1-3H3,(H,17,18). The van der Waals surface area contributed by atoms with Gasteiger partial charge in [-0.05, 0) is 20.8 Å². The first kappa shape index (κ1) is 17.5. The third kappa shape index (κ3) is 3.99. The minimum Gasteiger partial charge on any atom is -0.478 e. The van der Waals surface area contributed by atoms with Crippen molar-refractivity contribution in [3.05, 3.63) is 23.5 Å². The molecule has 0 spiro atoms. The smallest absolute Gasteiger partial charge is 0.418 e. The summed E-state index contributed by atoms with van der Waals surface area (Å²) in [6.45, 7) is 4.22. The van der Waals surface area contributed by atoms with Gasteiger partial charge in [-0.3, -0.25) is 0 Å². The fraction of sp³-hybridized carbons (Fsp3) is 0.583. The average molecular weight is 327 g/mol. The van der Waals surface area contributed by atoms with Gasteiger partial charge < -0.3 is 9.67 Å². The lowest BCUT2D eigenvalue weighted by atomic mass is 10.2. The van der Waals surface area contributed by atoms with Gasteiger partial charge in [0.05, 0.1) is 21.6 Å². The Bertz CT molecular complexity index is 638. The SMILES string of the molecule is CC(C)(C)S(=O)(=O)CCn1cc(C(=O)O)c(C(F)(F)F)c1. The van der Waals surface area contributed by atoms with E-state index in [0.29, 0.717) is 6.20 Å². The molecule has 1 heterocycles. The normalized spacial score (nSPS) is 13.4. The molecule has 5 nitrogen and oxygen atoms in total. The van der Waals surface area contributed by atoms with E-state index < -0.39 is 37.9 Å². The average Bonchev–Trinajstić information content (AvgIpc) is 2.68. The van der Waals surface area contributed by atoms with Crippen molar-refractivity contribution in [1.29, 1.82) is 0 Å². The predicted octanol–water partition coefficient (Wildman–Crippen LogP) is 2.42. The maximum Gasteiger partial charge on any atom is 0.418 e. The second-order valence-electron chi connectivity index (χ2n) is 5.56. The summed E-state index contributed by atoms with van der Waals surface area (Å²) in [4.78, 5) is 10.8. The van der Waals surface area contributed by atoms with E-state index in [-0.39, 0.29) is 12.3 Å². The molecule has 0 amide bonds. The van der Waals surface area contributed by atoms with Crippen molar-refractivity contribution < 1.29 is 31.5 Å². The van der Waals surface area contributed by atoms with E-state index in [2.05, 4.69) is 0 Å². The molecular formula is C12H16F3NO4S. The number of halogens is 3. The highest BCUT2D eigenvalue weighted by atomic mass is 32.2. The van der Waals surface area contributed by atoms with Crippen LogP contribution in [0.1, 0.15) is 36.7 Å². The highest BCUT2D eigenvalue weighted by Crippen LogP contribution is 2.32. The van der Waals surface area contributed by atoms with Crippen molar-refractivity contribution in [2.75, 3.05) is 5.75 Å². The first-order valence-corrected chi connectivity index (χ1v) is 7.63.